The van der Waals surface area contributed by atoms with Crippen LogP contribution >= 0.6 is 7.82 Å². The Morgan fingerprint density at radius 1 is 0.421 bits per heavy atom. The summed E-state index contributed by atoms with van der Waals surface area (Å²) < 4.78 is 34.1. The molecule has 0 aliphatic carbocycles. The Kier molecular flexibility index (Phi) is 55.2. The van der Waals surface area contributed by atoms with Crippen molar-refractivity contribution in [1.82, 2.24) is 0 Å². The molecule has 0 heterocycles. The SMILES string of the molecule is CC/C=C\C/C=C\C/C=C\CCCCCCCC(=O)OCC(COP(=O)([O-])OCC[N+](C)(C)C)OC(=O)CCCCCCCCCCCCCCCCCCCCCCCC/C=C\C/C=C\C/C=C\CCCCCCC. The second-order valence-electron chi connectivity index (χ2n) is 22.4. The number of quaternary nitrogens is 1. The number of allylic oxidation sites excluding steroid dienone is 12. The van der Waals surface area contributed by atoms with Crippen molar-refractivity contribution in [3.63, 3.8) is 0 Å². The summed E-state index contributed by atoms with van der Waals surface area (Å²) in [6.07, 6.45) is 75.6. The molecule has 2 atom stereocenters. The summed E-state index contributed by atoms with van der Waals surface area (Å²) in [4.78, 5) is 37.8. The van der Waals surface area contributed by atoms with Gasteiger partial charge in [-0.2, -0.15) is 0 Å². The van der Waals surface area contributed by atoms with Gasteiger partial charge >= 0.3 is 11.9 Å². The van der Waals surface area contributed by atoms with Crippen molar-refractivity contribution in [3.8, 4) is 0 Å². The van der Waals surface area contributed by atoms with Gasteiger partial charge in [0, 0.05) is 12.8 Å². The number of ether oxygens (including phenoxy) is 2. The minimum Gasteiger partial charge on any atom is -0.756 e. The smallest absolute Gasteiger partial charge is 0.306 e. The summed E-state index contributed by atoms with van der Waals surface area (Å²) >= 11 is 0. The van der Waals surface area contributed by atoms with Crippen molar-refractivity contribution < 1.29 is 42.1 Å². The van der Waals surface area contributed by atoms with Crippen LogP contribution in [0.4, 0.5) is 0 Å². The van der Waals surface area contributed by atoms with Crippen LogP contribution in [0.5, 0.6) is 0 Å². The number of phosphoric ester groups is 1. The van der Waals surface area contributed by atoms with Gasteiger partial charge in [0.1, 0.15) is 19.8 Å². The lowest BCUT2D eigenvalue weighted by Crippen LogP contribution is -2.37. The molecule has 0 aromatic carbocycles. The lowest BCUT2D eigenvalue weighted by molar-refractivity contribution is -0.870. The number of carbonyl (C=O) groups is 2. The van der Waals surface area contributed by atoms with Crippen LogP contribution in [-0.4, -0.2) is 70.0 Å². The number of rotatable bonds is 58. The summed E-state index contributed by atoms with van der Waals surface area (Å²) in [7, 11) is 1.16. The Labute approximate surface area is 469 Å². The summed E-state index contributed by atoms with van der Waals surface area (Å²) in [5, 5.41) is 0. The molecule has 0 spiro atoms. The predicted octanol–water partition coefficient (Wildman–Crippen LogP) is 19.4. The van der Waals surface area contributed by atoms with E-state index in [1.54, 1.807) is 0 Å². The van der Waals surface area contributed by atoms with Crippen LogP contribution in [0.3, 0.4) is 0 Å². The lowest BCUT2D eigenvalue weighted by Gasteiger charge is -2.28. The number of carbonyl (C=O) groups excluding carboxylic acids is 2. The second-order valence-corrected chi connectivity index (χ2v) is 23.8. The van der Waals surface area contributed by atoms with E-state index in [9.17, 15) is 19.0 Å². The van der Waals surface area contributed by atoms with Gasteiger partial charge in [0.15, 0.2) is 6.10 Å². The Bertz CT molecular complexity index is 1510. The average Bonchev–Trinajstić information content (AvgIpc) is 3.38. The fourth-order valence-corrected chi connectivity index (χ4v) is 9.58. The molecule has 0 aromatic heterocycles. The number of phosphoric acid groups is 1. The summed E-state index contributed by atoms with van der Waals surface area (Å²) in [6, 6.07) is 0. The fraction of sp³-hybridized carbons (Fsp3) is 0.788. The molecule has 0 rings (SSSR count). The van der Waals surface area contributed by atoms with Gasteiger partial charge in [-0.05, 0) is 83.5 Å². The Hall–Kier alpha value is -2.55. The van der Waals surface area contributed by atoms with Crippen LogP contribution in [0.2, 0.25) is 0 Å². The van der Waals surface area contributed by atoms with Crippen molar-refractivity contribution in [2.45, 2.75) is 290 Å². The first-order valence-electron chi connectivity index (χ1n) is 31.6. The summed E-state index contributed by atoms with van der Waals surface area (Å²) in [6.45, 7) is 4.11. The van der Waals surface area contributed by atoms with E-state index in [1.807, 2.05) is 21.1 Å². The van der Waals surface area contributed by atoms with Gasteiger partial charge < -0.3 is 27.9 Å². The van der Waals surface area contributed by atoms with E-state index in [0.717, 1.165) is 83.5 Å². The van der Waals surface area contributed by atoms with Gasteiger partial charge in [-0.15, -0.1) is 0 Å². The van der Waals surface area contributed by atoms with E-state index in [4.69, 9.17) is 18.5 Å². The van der Waals surface area contributed by atoms with Gasteiger partial charge in [0.25, 0.3) is 7.82 Å². The number of esters is 2. The predicted molar refractivity (Wildman–Crippen MR) is 323 cm³/mol. The standard InChI is InChI=1S/C66H120NO8P/c1-6-8-10-12-14-16-18-20-22-23-24-25-26-27-28-29-30-31-32-33-34-35-36-37-38-39-40-41-42-43-45-47-49-51-53-55-57-59-66(69)75-64(63-74-76(70,71)73-61-60-67(3,4)5)62-72-65(68)58-56-54-52-50-48-46-44-21-19-17-15-13-11-9-7-2/h9,11,15,17-18,20-21,23-24,26-27,44,64H,6-8,10,12-14,16,19,22,25,28-43,45-63H2,1-5H3/b11-9-,17-15-,20-18-,24-23-,27-26-,44-21-. The van der Waals surface area contributed by atoms with E-state index in [-0.39, 0.29) is 26.1 Å². The van der Waals surface area contributed by atoms with Crippen molar-refractivity contribution in [1.29, 1.82) is 0 Å². The normalized spacial score (nSPS) is 13.7. The van der Waals surface area contributed by atoms with Crippen LogP contribution in [0.1, 0.15) is 284 Å². The van der Waals surface area contributed by atoms with Gasteiger partial charge in [-0.25, -0.2) is 0 Å². The average molecular weight is 1090 g/mol. The molecule has 442 valence electrons. The number of hydrogen-bond donors (Lipinski definition) is 0. The quantitative estimate of drug-likeness (QED) is 0.0195. The second kappa shape index (κ2) is 57.1. The number of hydrogen-bond acceptors (Lipinski definition) is 8. The first-order chi connectivity index (χ1) is 37.0. The lowest BCUT2D eigenvalue weighted by atomic mass is 10.0. The molecule has 0 saturated carbocycles. The van der Waals surface area contributed by atoms with Crippen molar-refractivity contribution in [2.24, 2.45) is 0 Å². The third kappa shape index (κ3) is 60.7. The van der Waals surface area contributed by atoms with Crippen LogP contribution in [0.15, 0.2) is 72.9 Å². The Balaban J connectivity index is 3.96. The molecule has 0 bridgehead atoms. The van der Waals surface area contributed by atoms with Crippen molar-refractivity contribution in [2.75, 3.05) is 47.5 Å². The van der Waals surface area contributed by atoms with E-state index >= 15 is 0 Å². The Morgan fingerprint density at radius 3 is 1.12 bits per heavy atom. The number of likely N-dealkylation sites (N-methyl/N-ethyl adjacent to an activating group) is 1. The van der Waals surface area contributed by atoms with Crippen LogP contribution in [-0.2, 0) is 32.7 Å². The van der Waals surface area contributed by atoms with Gasteiger partial charge in [0.2, 0.25) is 0 Å². The molecule has 0 aromatic rings. The third-order valence-electron chi connectivity index (χ3n) is 13.7. The van der Waals surface area contributed by atoms with Gasteiger partial charge in [-0.3, -0.25) is 14.2 Å². The maximum atomic E-state index is 12.8. The van der Waals surface area contributed by atoms with Crippen molar-refractivity contribution in [3.05, 3.63) is 72.9 Å². The molecule has 0 aliphatic heterocycles. The zero-order chi connectivity index (χ0) is 55.6. The highest BCUT2D eigenvalue weighted by molar-refractivity contribution is 7.45. The molecule has 10 heteroatoms. The van der Waals surface area contributed by atoms with Crippen LogP contribution in [0.25, 0.3) is 0 Å². The minimum atomic E-state index is -4.64. The highest BCUT2D eigenvalue weighted by Gasteiger charge is 2.22. The van der Waals surface area contributed by atoms with E-state index in [1.165, 1.54) is 161 Å². The van der Waals surface area contributed by atoms with E-state index in [2.05, 4.69) is 86.8 Å². The zero-order valence-electron chi connectivity index (χ0n) is 50.2. The molecule has 0 amide bonds. The number of unbranched alkanes of at least 4 members (excludes halogenated alkanes) is 32. The Morgan fingerprint density at radius 2 is 0.750 bits per heavy atom. The minimum absolute atomic E-state index is 0.0348. The molecule has 0 N–H and O–H groups in total. The summed E-state index contributed by atoms with van der Waals surface area (Å²) in [5.41, 5.74) is 0. The topological polar surface area (TPSA) is 111 Å². The molecule has 76 heavy (non-hydrogen) atoms. The van der Waals surface area contributed by atoms with E-state index in [0.29, 0.717) is 23.9 Å². The maximum absolute atomic E-state index is 12.8. The largest absolute Gasteiger partial charge is 0.756 e. The molecule has 9 nitrogen and oxygen atoms in total. The highest BCUT2D eigenvalue weighted by atomic mass is 31.2. The monoisotopic (exact) mass is 1090 g/mol. The molecule has 0 aliphatic rings. The first kappa shape index (κ1) is 73.5. The number of nitrogens with zero attached hydrogens (tertiary/aromatic N) is 1. The zero-order valence-corrected chi connectivity index (χ0v) is 51.1. The van der Waals surface area contributed by atoms with E-state index < -0.39 is 32.5 Å². The molecule has 2 unspecified atom stereocenters. The van der Waals surface area contributed by atoms with Gasteiger partial charge in [-0.1, -0.05) is 260 Å². The van der Waals surface area contributed by atoms with Crippen LogP contribution in [0, 0.1) is 0 Å². The maximum Gasteiger partial charge on any atom is 0.306 e. The fourth-order valence-electron chi connectivity index (χ4n) is 8.86. The molecular weight excluding hydrogens is 966 g/mol. The molecular formula is C66H120NO8P. The van der Waals surface area contributed by atoms with Gasteiger partial charge in [0.05, 0.1) is 27.7 Å². The molecule has 0 radical (unpaired) electrons. The highest BCUT2D eigenvalue weighted by Crippen LogP contribution is 2.38. The van der Waals surface area contributed by atoms with Crippen molar-refractivity contribution >= 4 is 19.8 Å². The molecule has 0 saturated heterocycles. The van der Waals surface area contributed by atoms with Crippen LogP contribution < -0.4 is 4.89 Å². The summed E-state index contributed by atoms with van der Waals surface area (Å²) in [5.74, 6) is -0.846. The third-order valence-corrected chi connectivity index (χ3v) is 14.7. The molecule has 0 fully saturated rings. The first-order valence-corrected chi connectivity index (χ1v) is 33.1.